The van der Waals surface area contributed by atoms with Gasteiger partial charge in [0.2, 0.25) is 11.8 Å². The van der Waals surface area contributed by atoms with E-state index in [2.05, 4.69) is 5.32 Å². The number of fused-ring (bicyclic) bond motifs is 1. The number of amides is 2. The first-order valence-electron chi connectivity index (χ1n) is 14.3. The van der Waals surface area contributed by atoms with E-state index in [1.807, 2.05) is 72.8 Å². The zero-order valence-corrected chi connectivity index (χ0v) is 23.6. The van der Waals surface area contributed by atoms with Gasteiger partial charge in [-0.15, -0.1) is 0 Å². The Balaban J connectivity index is 1.40. The molecule has 1 saturated carbocycles. The van der Waals surface area contributed by atoms with E-state index in [4.69, 9.17) is 21.1 Å². The smallest absolute Gasteiger partial charge is 0.243 e. The number of nitrogens with zero attached hydrogens (tertiary/aromatic N) is 1. The van der Waals surface area contributed by atoms with Crippen LogP contribution in [-0.2, 0) is 29.0 Å². The Hall–Kier alpha value is -3.51. The first kappa shape index (κ1) is 28.0. The number of nitrogens with one attached hydrogen (secondary N) is 1. The zero-order valence-electron chi connectivity index (χ0n) is 22.8. The molecule has 5 rings (SSSR count). The molecule has 3 aromatic rings. The lowest BCUT2D eigenvalue weighted by Gasteiger charge is -2.34. The van der Waals surface area contributed by atoms with Crippen molar-refractivity contribution in [3.05, 3.63) is 94.5 Å². The van der Waals surface area contributed by atoms with Gasteiger partial charge in [-0.3, -0.25) is 9.59 Å². The molecule has 1 fully saturated rings. The van der Waals surface area contributed by atoms with Gasteiger partial charge in [0, 0.05) is 30.5 Å². The number of halogens is 1. The van der Waals surface area contributed by atoms with Gasteiger partial charge in [0.15, 0.2) is 11.5 Å². The van der Waals surface area contributed by atoms with Crippen molar-refractivity contribution < 1.29 is 19.1 Å². The maximum absolute atomic E-state index is 14.0. The molecule has 0 saturated heterocycles. The summed E-state index contributed by atoms with van der Waals surface area (Å²) in [6, 6.07) is 22.7. The fourth-order valence-electron chi connectivity index (χ4n) is 5.55. The van der Waals surface area contributed by atoms with Crippen LogP contribution in [0.5, 0.6) is 11.5 Å². The lowest BCUT2D eigenvalue weighted by molar-refractivity contribution is -0.141. The average Bonchev–Trinajstić information content (AvgIpc) is 2.99. The predicted octanol–water partition coefficient (Wildman–Crippen LogP) is 6.13. The third-order valence-electron chi connectivity index (χ3n) is 7.76. The minimum atomic E-state index is -0.659. The number of ether oxygens (including phenoxy) is 2. The van der Waals surface area contributed by atoms with Crippen LogP contribution in [0, 0.1) is 0 Å². The Bertz CT molecular complexity index is 1290. The van der Waals surface area contributed by atoms with E-state index in [9.17, 15) is 9.59 Å². The third-order valence-corrected chi connectivity index (χ3v) is 8.12. The van der Waals surface area contributed by atoms with Crippen molar-refractivity contribution in [2.75, 3.05) is 13.2 Å². The van der Waals surface area contributed by atoms with Crippen molar-refractivity contribution in [1.29, 1.82) is 0 Å². The van der Waals surface area contributed by atoms with Crippen molar-refractivity contribution in [3.8, 4) is 11.5 Å². The maximum Gasteiger partial charge on any atom is 0.243 e. The quantitative estimate of drug-likeness (QED) is 0.324. The van der Waals surface area contributed by atoms with Crippen LogP contribution in [-0.4, -0.2) is 42.0 Å². The van der Waals surface area contributed by atoms with Crippen molar-refractivity contribution >= 4 is 23.4 Å². The molecule has 0 radical (unpaired) electrons. The molecule has 1 aliphatic carbocycles. The lowest BCUT2D eigenvalue weighted by Crippen LogP contribution is -2.53. The Labute approximate surface area is 241 Å². The summed E-state index contributed by atoms with van der Waals surface area (Å²) in [5.41, 5.74) is 2.82. The van der Waals surface area contributed by atoms with E-state index in [1.165, 1.54) is 6.42 Å². The molecule has 1 atom stereocenters. The minimum Gasteiger partial charge on any atom is -0.486 e. The molecule has 6 nitrogen and oxygen atoms in total. The molecule has 2 aliphatic rings. The molecule has 210 valence electrons. The van der Waals surface area contributed by atoms with E-state index >= 15 is 0 Å². The molecular weight excluding hydrogens is 524 g/mol. The first-order chi connectivity index (χ1) is 19.6. The van der Waals surface area contributed by atoms with E-state index in [0.29, 0.717) is 36.8 Å². The number of benzene rings is 3. The lowest BCUT2D eigenvalue weighted by atomic mass is 9.94. The molecular formula is C33H37ClN2O4. The number of carbonyl (C=O) groups excluding carboxylic acids is 2. The van der Waals surface area contributed by atoms with Crippen molar-refractivity contribution in [3.63, 3.8) is 0 Å². The highest BCUT2D eigenvalue weighted by Gasteiger charge is 2.32. The normalized spacial score (nSPS) is 15.7. The highest BCUT2D eigenvalue weighted by Crippen LogP contribution is 2.31. The summed E-state index contributed by atoms with van der Waals surface area (Å²) >= 11 is 6.55. The molecule has 0 aromatic heterocycles. The second-order valence-electron chi connectivity index (χ2n) is 10.6. The second-order valence-corrected chi connectivity index (χ2v) is 11.0. The monoisotopic (exact) mass is 560 g/mol. The number of hydrogen-bond acceptors (Lipinski definition) is 4. The Morgan fingerprint density at radius 3 is 2.38 bits per heavy atom. The number of hydrogen-bond donors (Lipinski definition) is 1. The summed E-state index contributed by atoms with van der Waals surface area (Å²) in [6.45, 7) is 1.31. The van der Waals surface area contributed by atoms with Crippen molar-refractivity contribution in [2.24, 2.45) is 0 Å². The molecule has 1 N–H and O–H groups in total. The molecule has 0 spiro atoms. The van der Waals surface area contributed by atoms with Crippen LogP contribution in [0.3, 0.4) is 0 Å². The molecule has 1 aliphatic heterocycles. The molecule has 7 heteroatoms. The maximum atomic E-state index is 14.0. The van der Waals surface area contributed by atoms with Crippen LogP contribution in [0.2, 0.25) is 5.02 Å². The Morgan fingerprint density at radius 2 is 1.60 bits per heavy atom. The van der Waals surface area contributed by atoms with Crippen LogP contribution < -0.4 is 14.8 Å². The largest absolute Gasteiger partial charge is 0.486 e. The van der Waals surface area contributed by atoms with E-state index in [1.54, 1.807) is 4.90 Å². The van der Waals surface area contributed by atoms with Crippen LogP contribution in [0.25, 0.3) is 0 Å². The van der Waals surface area contributed by atoms with Gasteiger partial charge >= 0.3 is 0 Å². The van der Waals surface area contributed by atoms with Gasteiger partial charge in [-0.1, -0.05) is 85.5 Å². The minimum absolute atomic E-state index is 0.0884. The number of aryl methyl sites for hydroxylation is 1. The van der Waals surface area contributed by atoms with E-state index in [0.717, 1.165) is 48.1 Å². The zero-order chi connectivity index (χ0) is 27.7. The molecule has 1 heterocycles. The molecule has 2 amide bonds. The van der Waals surface area contributed by atoms with Crippen LogP contribution in [0.4, 0.5) is 0 Å². The number of rotatable bonds is 10. The highest BCUT2D eigenvalue weighted by atomic mass is 35.5. The van der Waals surface area contributed by atoms with Crippen molar-refractivity contribution in [2.45, 2.75) is 70.0 Å². The summed E-state index contributed by atoms with van der Waals surface area (Å²) < 4.78 is 11.4. The van der Waals surface area contributed by atoms with Gasteiger partial charge in [0.05, 0.1) is 0 Å². The standard InChI is InChI=1S/C33H37ClN2O4/c34-28-14-8-7-11-26(28)23-36(32(37)18-16-25-15-17-30-31(22-25)40-20-19-39-30)29(21-24-9-3-1-4-10-24)33(38)35-27-12-5-2-6-13-27/h1,3-4,7-11,14-15,17,22,27,29H,2,5-6,12-13,16,18-21,23H2,(H,35,38)/t29-/m1/s1. The van der Waals surface area contributed by atoms with E-state index < -0.39 is 6.04 Å². The average molecular weight is 561 g/mol. The molecule has 40 heavy (non-hydrogen) atoms. The topological polar surface area (TPSA) is 67.9 Å². The van der Waals surface area contributed by atoms with Crippen molar-refractivity contribution in [1.82, 2.24) is 10.2 Å². The van der Waals surface area contributed by atoms with Gasteiger partial charge in [-0.25, -0.2) is 0 Å². The molecule has 3 aromatic carbocycles. The van der Waals surface area contributed by atoms with Gasteiger partial charge in [-0.05, 0) is 54.2 Å². The highest BCUT2D eigenvalue weighted by molar-refractivity contribution is 6.31. The fourth-order valence-corrected chi connectivity index (χ4v) is 5.74. The molecule has 0 unspecified atom stereocenters. The summed E-state index contributed by atoms with van der Waals surface area (Å²) in [4.78, 5) is 29.6. The summed E-state index contributed by atoms with van der Waals surface area (Å²) in [5.74, 6) is 1.24. The van der Waals surface area contributed by atoms with Crippen LogP contribution in [0.1, 0.15) is 55.2 Å². The number of carbonyl (C=O) groups is 2. The van der Waals surface area contributed by atoms with Crippen LogP contribution in [0.15, 0.2) is 72.8 Å². The Morgan fingerprint density at radius 1 is 0.875 bits per heavy atom. The Kier molecular flexibility index (Phi) is 9.61. The third kappa shape index (κ3) is 7.36. The molecule has 0 bridgehead atoms. The van der Waals surface area contributed by atoms with Gasteiger partial charge in [-0.2, -0.15) is 0 Å². The van der Waals surface area contributed by atoms with Gasteiger partial charge in [0.1, 0.15) is 19.3 Å². The summed E-state index contributed by atoms with van der Waals surface area (Å²) in [6.07, 6.45) is 6.61. The first-order valence-corrected chi connectivity index (χ1v) is 14.7. The van der Waals surface area contributed by atoms with Gasteiger partial charge < -0.3 is 19.7 Å². The predicted molar refractivity (Wildman–Crippen MR) is 157 cm³/mol. The summed E-state index contributed by atoms with van der Waals surface area (Å²) in [7, 11) is 0. The summed E-state index contributed by atoms with van der Waals surface area (Å²) in [5, 5.41) is 3.87. The van der Waals surface area contributed by atoms with Crippen LogP contribution >= 0.6 is 11.6 Å². The fraction of sp³-hybridized carbons (Fsp3) is 0.394. The SMILES string of the molecule is O=C(NC1CCCCC1)[C@@H](Cc1ccccc1)N(Cc1ccccc1Cl)C(=O)CCc1ccc2c(c1)OCCO2. The second kappa shape index (κ2) is 13.7. The van der Waals surface area contributed by atoms with Gasteiger partial charge in [0.25, 0.3) is 0 Å². The van der Waals surface area contributed by atoms with E-state index in [-0.39, 0.29) is 30.8 Å².